The number of nitrogens with one attached hydrogen (secondary N) is 1. The van der Waals surface area contributed by atoms with Crippen molar-refractivity contribution in [2.75, 3.05) is 18.0 Å². The molecule has 0 radical (unpaired) electrons. The maximum absolute atomic E-state index is 12.1. The van der Waals surface area contributed by atoms with E-state index in [1.54, 1.807) is 12.1 Å². The molecule has 19 heavy (non-hydrogen) atoms. The van der Waals surface area contributed by atoms with E-state index in [0.717, 1.165) is 12.0 Å². The third kappa shape index (κ3) is 5.42. The summed E-state index contributed by atoms with van der Waals surface area (Å²) in [6.07, 6.45) is 0.926. The zero-order valence-electron chi connectivity index (χ0n) is 11.7. The topological polar surface area (TPSA) is 72.2 Å². The molecule has 0 aliphatic rings. The molecule has 106 valence electrons. The number of benzene rings is 1. The van der Waals surface area contributed by atoms with Gasteiger partial charge in [-0.25, -0.2) is 0 Å². The second-order valence-electron chi connectivity index (χ2n) is 5.05. The second kappa shape index (κ2) is 7.28. The summed E-state index contributed by atoms with van der Waals surface area (Å²) in [4.78, 5) is 12.3. The quantitative estimate of drug-likeness (QED) is 0.782. The largest absolute Gasteiger partial charge is 0.399 e. The molecule has 1 amide bonds. The van der Waals surface area contributed by atoms with Crippen molar-refractivity contribution in [2.24, 2.45) is 5.92 Å². The number of carbonyl (C=O) groups excluding carboxylic acids is 1. The van der Waals surface area contributed by atoms with Gasteiger partial charge in [0.15, 0.2) is 0 Å². The highest BCUT2D eigenvalue weighted by molar-refractivity contribution is 7.85. The zero-order chi connectivity index (χ0) is 14.4. The lowest BCUT2D eigenvalue weighted by atomic mass is 10.1. The lowest BCUT2D eigenvalue weighted by molar-refractivity contribution is -0.118. The summed E-state index contributed by atoms with van der Waals surface area (Å²) in [6.45, 7) is 6.69. The Morgan fingerprint density at radius 2 is 2.11 bits per heavy atom. The first-order valence-corrected chi connectivity index (χ1v) is 7.73. The van der Waals surface area contributed by atoms with Crippen LogP contribution in [0.3, 0.4) is 0 Å². The van der Waals surface area contributed by atoms with Gasteiger partial charge in [-0.1, -0.05) is 19.9 Å². The SMILES string of the molecule is Cc1ccc(N)cc1S(=O)CC(=O)NCCC(C)C. The van der Waals surface area contributed by atoms with Gasteiger partial charge in [0.25, 0.3) is 0 Å². The average Bonchev–Trinajstić information content (AvgIpc) is 2.31. The predicted molar refractivity (Wildman–Crippen MR) is 79.3 cm³/mol. The van der Waals surface area contributed by atoms with Crippen molar-refractivity contribution in [2.45, 2.75) is 32.1 Å². The molecule has 0 heterocycles. The van der Waals surface area contributed by atoms with Crippen LogP contribution in [-0.2, 0) is 15.6 Å². The molecule has 1 aromatic rings. The van der Waals surface area contributed by atoms with Gasteiger partial charge in [-0.15, -0.1) is 0 Å². The Morgan fingerprint density at radius 1 is 1.42 bits per heavy atom. The summed E-state index contributed by atoms with van der Waals surface area (Å²) in [5.41, 5.74) is 7.13. The molecule has 0 bridgehead atoms. The monoisotopic (exact) mass is 282 g/mol. The number of nitrogen functional groups attached to an aromatic ring is 1. The lowest BCUT2D eigenvalue weighted by Gasteiger charge is -2.09. The van der Waals surface area contributed by atoms with Gasteiger partial charge in [-0.05, 0) is 37.0 Å². The van der Waals surface area contributed by atoms with Crippen molar-refractivity contribution < 1.29 is 9.00 Å². The van der Waals surface area contributed by atoms with E-state index in [2.05, 4.69) is 19.2 Å². The number of hydrogen-bond donors (Lipinski definition) is 2. The molecule has 3 N–H and O–H groups in total. The first-order chi connectivity index (χ1) is 8.90. The highest BCUT2D eigenvalue weighted by Crippen LogP contribution is 2.16. The van der Waals surface area contributed by atoms with Crippen LogP contribution in [0.2, 0.25) is 0 Å². The number of carbonyl (C=O) groups is 1. The molecule has 0 spiro atoms. The standard InChI is InChI=1S/C14H22N2O2S/c1-10(2)6-7-16-14(17)9-19(18)13-8-12(15)5-4-11(13)3/h4-5,8,10H,6-7,9,15H2,1-3H3,(H,16,17). The van der Waals surface area contributed by atoms with Crippen molar-refractivity contribution >= 4 is 22.4 Å². The summed E-state index contributed by atoms with van der Waals surface area (Å²) in [5.74, 6) is 0.352. The summed E-state index contributed by atoms with van der Waals surface area (Å²) >= 11 is 0. The van der Waals surface area contributed by atoms with Crippen LogP contribution < -0.4 is 11.1 Å². The third-order valence-electron chi connectivity index (χ3n) is 2.76. The van der Waals surface area contributed by atoms with Crippen molar-refractivity contribution in [3.63, 3.8) is 0 Å². The maximum atomic E-state index is 12.1. The van der Waals surface area contributed by atoms with Gasteiger partial charge in [0, 0.05) is 17.1 Å². The van der Waals surface area contributed by atoms with Crippen LogP contribution >= 0.6 is 0 Å². The smallest absolute Gasteiger partial charge is 0.233 e. The number of anilines is 1. The molecule has 0 aromatic heterocycles. The summed E-state index contributed by atoms with van der Waals surface area (Å²) in [6, 6.07) is 5.25. The maximum Gasteiger partial charge on any atom is 0.233 e. The molecule has 4 nitrogen and oxygen atoms in total. The second-order valence-corrected chi connectivity index (χ2v) is 6.47. The van der Waals surface area contributed by atoms with Crippen LogP contribution in [0, 0.1) is 12.8 Å². The van der Waals surface area contributed by atoms with Gasteiger partial charge < -0.3 is 11.1 Å². The summed E-state index contributed by atoms with van der Waals surface area (Å²) in [5, 5.41) is 2.79. The Bertz CT molecular complexity index is 473. The van der Waals surface area contributed by atoms with Crippen molar-refractivity contribution in [1.82, 2.24) is 5.32 Å². The Kier molecular flexibility index (Phi) is 6.02. The van der Waals surface area contributed by atoms with Crippen LogP contribution in [0.15, 0.2) is 23.1 Å². The van der Waals surface area contributed by atoms with Crippen LogP contribution in [0.4, 0.5) is 5.69 Å². The minimum atomic E-state index is -1.34. The van der Waals surface area contributed by atoms with Crippen molar-refractivity contribution in [3.05, 3.63) is 23.8 Å². The van der Waals surface area contributed by atoms with Gasteiger partial charge in [-0.2, -0.15) is 0 Å². The fraction of sp³-hybridized carbons (Fsp3) is 0.500. The highest BCUT2D eigenvalue weighted by atomic mass is 32.2. The van der Waals surface area contributed by atoms with E-state index in [1.807, 2.05) is 13.0 Å². The fourth-order valence-corrected chi connectivity index (χ4v) is 2.80. The molecule has 0 saturated carbocycles. The first-order valence-electron chi connectivity index (χ1n) is 6.41. The van der Waals surface area contributed by atoms with Gasteiger partial charge in [0.2, 0.25) is 5.91 Å². The molecule has 0 fully saturated rings. The molecular weight excluding hydrogens is 260 g/mol. The number of aryl methyl sites for hydroxylation is 1. The van der Waals surface area contributed by atoms with E-state index in [4.69, 9.17) is 5.73 Å². The Hall–Kier alpha value is -1.36. The molecule has 1 atom stereocenters. The Morgan fingerprint density at radius 3 is 2.74 bits per heavy atom. The molecule has 0 saturated heterocycles. The zero-order valence-corrected chi connectivity index (χ0v) is 12.5. The molecule has 5 heteroatoms. The molecular formula is C14H22N2O2S. The molecule has 1 aromatic carbocycles. The number of amides is 1. The molecule has 1 rings (SSSR count). The van der Waals surface area contributed by atoms with E-state index >= 15 is 0 Å². The predicted octanol–water partition coefficient (Wildman–Crippen LogP) is 1.85. The van der Waals surface area contributed by atoms with Gasteiger partial charge in [-0.3, -0.25) is 9.00 Å². The van der Waals surface area contributed by atoms with Crippen LogP contribution in [-0.4, -0.2) is 22.4 Å². The van der Waals surface area contributed by atoms with E-state index in [-0.39, 0.29) is 11.7 Å². The molecule has 0 aliphatic heterocycles. The van der Waals surface area contributed by atoms with E-state index in [0.29, 0.717) is 23.0 Å². The number of nitrogens with two attached hydrogens (primary N) is 1. The van der Waals surface area contributed by atoms with Crippen LogP contribution in [0.5, 0.6) is 0 Å². The fourth-order valence-electron chi connectivity index (χ4n) is 1.61. The first kappa shape index (κ1) is 15.7. The van der Waals surface area contributed by atoms with Crippen LogP contribution in [0.25, 0.3) is 0 Å². The van der Waals surface area contributed by atoms with Crippen molar-refractivity contribution in [3.8, 4) is 0 Å². The Balaban J connectivity index is 2.54. The minimum absolute atomic E-state index is 0.0115. The van der Waals surface area contributed by atoms with Gasteiger partial charge in [0.05, 0.1) is 10.8 Å². The lowest BCUT2D eigenvalue weighted by Crippen LogP contribution is -2.29. The van der Waals surface area contributed by atoms with Crippen molar-refractivity contribution in [1.29, 1.82) is 0 Å². The summed E-state index contributed by atoms with van der Waals surface area (Å²) < 4.78 is 12.1. The van der Waals surface area contributed by atoms with E-state index in [1.165, 1.54) is 0 Å². The highest BCUT2D eigenvalue weighted by Gasteiger charge is 2.12. The minimum Gasteiger partial charge on any atom is -0.399 e. The van der Waals surface area contributed by atoms with E-state index < -0.39 is 10.8 Å². The van der Waals surface area contributed by atoms with Gasteiger partial charge >= 0.3 is 0 Å². The molecule has 1 unspecified atom stereocenters. The number of rotatable bonds is 6. The number of hydrogen-bond acceptors (Lipinski definition) is 3. The Labute approximate surface area is 117 Å². The van der Waals surface area contributed by atoms with E-state index in [9.17, 15) is 9.00 Å². The molecule has 0 aliphatic carbocycles. The third-order valence-corrected chi connectivity index (χ3v) is 4.22. The van der Waals surface area contributed by atoms with Crippen LogP contribution in [0.1, 0.15) is 25.8 Å². The average molecular weight is 282 g/mol. The van der Waals surface area contributed by atoms with Gasteiger partial charge in [0.1, 0.15) is 5.75 Å². The summed E-state index contributed by atoms with van der Waals surface area (Å²) in [7, 11) is -1.34. The normalized spacial score (nSPS) is 12.4.